The molecular formula is C28H35NO6Si. The highest BCUT2D eigenvalue weighted by atomic mass is 28.4. The van der Waals surface area contributed by atoms with E-state index in [9.17, 15) is 4.79 Å². The van der Waals surface area contributed by atoms with Gasteiger partial charge in [-0.3, -0.25) is 5.32 Å². The van der Waals surface area contributed by atoms with Crippen molar-refractivity contribution in [1.29, 1.82) is 0 Å². The predicted octanol–water partition coefficient (Wildman–Crippen LogP) is 3.50. The van der Waals surface area contributed by atoms with Gasteiger partial charge in [0.15, 0.2) is 0 Å². The van der Waals surface area contributed by atoms with Gasteiger partial charge in [-0.05, 0) is 21.5 Å². The van der Waals surface area contributed by atoms with Gasteiger partial charge in [0.1, 0.15) is 18.8 Å². The topological polar surface area (TPSA) is 78.6 Å². The molecule has 0 aromatic heterocycles. The number of fused-ring (bicyclic) bond motifs is 1. The lowest BCUT2D eigenvalue weighted by Crippen LogP contribution is -2.68. The van der Waals surface area contributed by atoms with E-state index >= 15 is 0 Å². The highest BCUT2D eigenvalue weighted by molar-refractivity contribution is 6.99. The van der Waals surface area contributed by atoms with Crippen LogP contribution in [0.4, 0.5) is 4.79 Å². The van der Waals surface area contributed by atoms with E-state index < -0.39 is 32.4 Å². The minimum atomic E-state index is -2.87. The minimum absolute atomic E-state index is 0.0800. The molecule has 1 aliphatic heterocycles. The van der Waals surface area contributed by atoms with Crippen LogP contribution in [-0.4, -0.2) is 59.3 Å². The van der Waals surface area contributed by atoms with Crippen LogP contribution in [0.3, 0.4) is 0 Å². The molecule has 2 aliphatic rings. The smallest absolute Gasteiger partial charge is 0.411 e. The molecule has 8 heteroatoms. The second kappa shape index (κ2) is 10.3. The lowest BCUT2D eigenvalue weighted by atomic mass is 9.95. The Labute approximate surface area is 214 Å². The van der Waals surface area contributed by atoms with E-state index in [1.165, 1.54) is 20.3 Å². The molecule has 0 radical (unpaired) electrons. The van der Waals surface area contributed by atoms with Gasteiger partial charge in [-0.15, -0.1) is 0 Å². The van der Waals surface area contributed by atoms with E-state index in [-0.39, 0.29) is 17.7 Å². The van der Waals surface area contributed by atoms with Crippen LogP contribution in [0.5, 0.6) is 0 Å². The van der Waals surface area contributed by atoms with Crippen LogP contribution in [0.2, 0.25) is 5.04 Å². The van der Waals surface area contributed by atoms with Crippen LogP contribution in [0.25, 0.3) is 0 Å². The summed E-state index contributed by atoms with van der Waals surface area (Å²) in [6, 6.07) is 20.8. The largest absolute Gasteiger partial charge is 0.445 e. The summed E-state index contributed by atoms with van der Waals surface area (Å²) >= 11 is 0. The molecule has 0 unspecified atom stereocenters. The van der Waals surface area contributed by atoms with Crippen molar-refractivity contribution >= 4 is 24.8 Å². The highest BCUT2D eigenvalue weighted by Gasteiger charge is 2.66. The molecule has 2 aromatic rings. The number of amides is 1. The first-order chi connectivity index (χ1) is 17.2. The summed E-state index contributed by atoms with van der Waals surface area (Å²) in [6.07, 6.45) is 1.52. The first-order valence-corrected chi connectivity index (χ1v) is 14.0. The zero-order valence-corrected chi connectivity index (χ0v) is 22.5. The molecule has 36 heavy (non-hydrogen) atoms. The lowest BCUT2D eigenvalue weighted by molar-refractivity contribution is -0.195. The summed E-state index contributed by atoms with van der Waals surface area (Å²) in [7, 11) is 0.175. The number of epoxide rings is 1. The maximum Gasteiger partial charge on any atom is 0.411 e. The van der Waals surface area contributed by atoms with Crippen molar-refractivity contribution in [3.8, 4) is 0 Å². The molecule has 0 saturated carbocycles. The molecule has 0 bridgehead atoms. The van der Waals surface area contributed by atoms with Crippen molar-refractivity contribution in [2.75, 3.05) is 20.8 Å². The summed E-state index contributed by atoms with van der Waals surface area (Å²) in [5.41, 5.74) is 0.392. The second-order valence-corrected chi connectivity index (χ2v) is 14.2. The van der Waals surface area contributed by atoms with Crippen LogP contribution in [0.1, 0.15) is 20.8 Å². The van der Waals surface area contributed by atoms with Gasteiger partial charge < -0.3 is 23.4 Å². The van der Waals surface area contributed by atoms with E-state index in [2.05, 4.69) is 56.9 Å². The van der Waals surface area contributed by atoms with Gasteiger partial charge in [0.25, 0.3) is 8.32 Å². The standard InChI is InChI=1S/C28H35NO6Si/c1-7-18-33-26(30)29-23-19-22(24-25(34-24)28(23,31-5)32-6)35-36(27(2,3)4,20-14-10-8-11-15-20)21-16-12-9-13-17-21/h7-17,19,22,24-25H,1,18H2,2-6H3,(H,29,30)/t22-,24+,25+/m1/s1. The highest BCUT2D eigenvalue weighted by Crippen LogP contribution is 2.48. The molecule has 1 N–H and O–H groups in total. The summed E-state index contributed by atoms with van der Waals surface area (Å²) in [6.45, 7) is 10.3. The molecule has 4 rings (SSSR count). The third kappa shape index (κ3) is 4.55. The van der Waals surface area contributed by atoms with Crippen molar-refractivity contribution in [3.05, 3.63) is 85.1 Å². The first kappa shape index (κ1) is 26.3. The van der Waals surface area contributed by atoms with Crippen molar-refractivity contribution in [3.63, 3.8) is 0 Å². The number of benzene rings is 2. The fourth-order valence-electron chi connectivity index (χ4n) is 5.15. The normalized spacial score (nSPS) is 22.7. The molecule has 1 heterocycles. The van der Waals surface area contributed by atoms with Crippen molar-refractivity contribution < 1.29 is 28.2 Å². The molecule has 0 spiro atoms. The SMILES string of the molecule is C=CCOC(=O)NC1=C[C@@H](O[Si](c2ccccc2)(c2ccccc2)C(C)(C)C)[C@@H]2O[C@@H]2C1(OC)OC. The molecular weight excluding hydrogens is 474 g/mol. The van der Waals surface area contributed by atoms with E-state index in [1.807, 2.05) is 42.5 Å². The third-order valence-corrected chi connectivity index (χ3v) is 11.9. The second-order valence-electron chi connectivity index (χ2n) is 9.94. The Morgan fingerprint density at radius 1 is 1.06 bits per heavy atom. The van der Waals surface area contributed by atoms with Crippen LogP contribution < -0.4 is 15.7 Å². The van der Waals surface area contributed by atoms with Gasteiger partial charge >= 0.3 is 6.09 Å². The molecule has 1 aliphatic carbocycles. The number of hydrogen-bond donors (Lipinski definition) is 1. The van der Waals surface area contributed by atoms with E-state index in [4.69, 9.17) is 23.4 Å². The number of carbonyl (C=O) groups is 1. The Kier molecular flexibility index (Phi) is 7.54. The van der Waals surface area contributed by atoms with Crippen molar-refractivity contribution in [2.24, 2.45) is 0 Å². The molecule has 1 amide bonds. The van der Waals surface area contributed by atoms with Crippen molar-refractivity contribution in [2.45, 2.75) is 49.9 Å². The van der Waals surface area contributed by atoms with Gasteiger partial charge in [-0.2, -0.15) is 0 Å². The fourth-order valence-corrected chi connectivity index (χ4v) is 9.77. The van der Waals surface area contributed by atoms with Gasteiger partial charge in [0, 0.05) is 14.2 Å². The average molecular weight is 510 g/mol. The summed E-state index contributed by atoms with van der Waals surface area (Å²) in [5, 5.41) is 4.89. The van der Waals surface area contributed by atoms with Crippen LogP contribution >= 0.6 is 0 Å². The van der Waals surface area contributed by atoms with Gasteiger partial charge in [0.2, 0.25) is 5.79 Å². The molecule has 1 fully saturated rings. The van der Waals surface area contributed by atoms with Gasteiger partial charge in [0.05, 0.1) is 11.8 Å². The summed E-state index contributed by atoms with van der Waals surface area (Å²) in [5.74, 6) is -1.27. The Balaban J connectivity index is 1.81. The maximum absolute atomic E-state index is 12.5. The van der Waals surface area contributed by atoms with E-state index in [0.29, 0.717) is 5.70 Å². The number of methoxy groups -OCH3 is 2. The Hall–Kier alpha value is -2.75. The number of carbonyl (C=O) groups excluding carboxylic acids is 1. The predicted molar refractivity (Wildman–Crippen MR) is 141 cm³/mol. The van der Waals surface area contributed by atoms with E-state index in [0.717, 1.165) is 10.4 Å². The van der Waals surface area contributed by atoms with E-state index in [1.54, 1.807) is 0 Å². The minimum Gasteiger partial charge on any atom is -0.445 e. The quantitative estimate of drug-likeness (QED) is 0.241. The van der Waals surface area contributed by atoms with Crippen molar-refractivity contribution in [1.82, 2.24) is 5.32 Å². The first-order valence-electron chi connectivity index (χ1n) is 12.0. The Morgan fingerprint density at radius 3 is 2.08 bits per heavy atom. The number of rotatable bonds is 9. The molecule has 7 nitrogen and oxygen atoms in total. The zero-order chi connectivity index (χ0) is 26.0. The third-order valence-electron chi connectivity index (χ3n) is 6.84. The molecule has 2 aromatic carbocycles. The summed E-state index contributed by atoms with van der Waals surface area (Å²) in [4.78, 5) is 12.5. The lowest BCUT2D eigenvalue weighted by Gasteiger charge is -2.45. The Bertz CT molecular complexity index is 1050. The number of nitrogens with one attached hydrogen (secondary N) is 1. The summed E-state index contributed by atoms with van der Waals surface area (Å²) < 4.78 is 30.1. The van der Waals surface area contributed by atoms with Gasteiger partial charge in [-0.25, -0.2) is 4.79 Å². The monoisotopic (exact) mass is 509 g/mol. The Morgan fingerprint density at radius 2 is 1.61 bits per heavy atom. The molecule has 192 valence electrons. The molecule has 3 atom stereocenters. The van der Waals surface area contributed by atoms with Gasteiger partial charge in [-0.1, -0.05) is 94.1 Å². The van der Waals surface area contributed by atoms with Crippen LogP contribution in [-0.2, 0) is 23.4 Å². The maximum atomic E-state index is 12.5. The van der Waals surface area contributed by atoms with Crippen LogP contribution in [0, 0.1) is 0 Å². The number of hydrogen-bond acceptors (Lipinski definition) is 6. The zero-order valence-electron chi connectivity index (χ0n) is 21.5. The average Bonchev–Trinajstić information content (AvgIpc) is 3.68. The number of alkyl carbamates (subject to hydrolysis) is 1. The van der Waals surface area contributed by atoms with Crippen LogP contribution in [0.15, 0.2) is 85.1 Å². The fraction of sp³-hybridized carbons (Fsp3) is 0.393. The molecule has 1 saturated heterocycles. The number of ether oxygens (including phenoxy) is 4.